The van der Waals surface area contributed by atoms with Gasteiger partial charge >= 0.3 is 0 Å². The van der Waals surface area contributed by atoms with Gasteiger partial charge in [-0.2, -0.15) is 0 Å². The Labute approximate surface area is 115 Å². The van der Waals surface area contributed by atoms with E-state index in [4.69, 9.17) is 11.6 Å². The third-order valence-corrected chi connectivity index (χ3v) is 3.56. The maximum atomic E-state index is 5.81. The van der Waals surface area contributed by atoms with Crippen molar-refractivity contribution in [3.05, 3.63) is 35.2 Å². The Morgan fingerprint density at radius 3 is 2.78 bits per heavy atom. The van der Waals surface area contributed by atoms with Gasteiger partial charge in [-0.25, -0.2) is 15.0 Å². The first-order valence-electron chi connectivity index (χ1n) is 5.55. The van der Waals surface area contributed by atoms with Crippen LogP contribution in [0.3, 0.4) is 0 Å². The highest BCUT2D eigenvalue weighted by Crippen LogP contribution is 2.29. The van der Waals surface area contributed by atoms with E-state index in [2.05, 4.69) is 20.3 Å². The normalized spacial score (nSPS) is 10.4. The van der Waals surface area contributed by atoms with Gasteiger partial charge in [0.1, 0.15) is 22.2 Å². The molecule has 6 heteroatoms. The molecule has 0 aliphatic rings. The van der Waals surface area contributed by atoms with E-state index in [9.17, 15) is 0 Å². The summed E-state index contributed by atoms with van der Waals surface area (Å²) in [4.78, 5) is 12.7. The summed E-state index contributed by atoms with van der Waals surface area (Å²) < 4.78 is 0. The average Bonchev–Trinajstić information content (AvgIpc) is 2.37. The van der Waals surface area contributed by atoms with E-state index in [-0.39, 0.29) is 0 Å². The number of rotatable bonds is 4. The monoisotopic (exact) mass is 280 g/mol. The fraction of sp³-hybridized carbons (Fsp3) is 0.250. The fourth-order valence-corrected chi connectivity index (χ4v) is 2.31. The van der Waals surface area contributed by atoms with Gasteiger partial charge in [0.15, 0.2) is 0 Å². The van der Waals surface area contributed by atoms with Crippen LogP contribution in [0, 0.1) is 6.92 Å². The van der Waals surface area contributed by atoms with Gasteiger partial charge in [-0.15, -0.1) is 0 Å². The van der Waals surface area contributed by atoms with Crippen molar-refractivity contribution >= 4 is 29.2 Å². The first kappa shape index (κ1) is 13.1. The smallest absolute Gasteiger partial charge is 0.133 e. The largest absolute Gasteiger partial charge is 0.370 e. The van der Waals surface area contributed by atoms with E-state index in [1.807, 2.05) is 26.0 Å². The zero-order valence-electron chi connectivity index (χ0n) is 10.1. The van der Waals surface area contributed by atoms with Crippen molar-refractivity contribution in [3.8, 4) is 0 Å². The highest BCUT2D eigenvalue weighted by Gasteiger charge is 2.08. The van der Waals surface area contributed by atoms with Crippen LogP contribution >= 0.6 is 23.4 Å². The second-order valence-electron chi connectivity index (χ2n) is 3.60. The molecule has 1 N–H and O–H groups in total. The van der Waals surface area contributed by atoms with Crippen LogP contribution < -0.4 is 5.32 Å². The van der Waals surface area contributed by atoms with Crippen molar-refractivity contribution in [2.45, 2.75) is 23.9 Å². The van der Waals surface area contributed by atoms with Gasteiger partial charge in [-0.3, -0.25) is 0 Å². The molecular weight excluding hydrogens is 268 g/mol. The second-order valence-corrected chi connectivity index (χ2v) is 5.05. The van der Waals surface area contributed by atoms with E-state index in [1.165, 1.54) is 11.8 Å². The lowest BCUT2D eigenvalue weighted by Gasteiger charge is -2.09. The maximum absolute atomic E-state index is 5.81. The van der Waals surface area contributed by atoms with Gasteiger partial charge in [0.25, 0.3) is 0 Å². The SMILES string of the molecule is CCNc1ncnc(Sc2ccc(Cl)cn2)c1C. The Balaban J connectivity index is 2.23. The molecule has 2 aromatic rings. The number of pyridine rings is 1. The average molecular weight is 281 g/mol. The van der Waals surface area contributed by atoms with Crippen molar-refractivity contribution in [2.75, 3.05) is 11.9 Å². The van der Waals surface area contributed by atoms with Crippen LogP contribution in [0.4, 0.5) is 5.82 Å². The molecule has 0 amide bonds. The molecule has 0 aromatic carbocycles. The molecule has 94 valence electrons. The molecule has 0 saturated carbocycles. The lowest BCUT2D eigenvalue weighted by Crippen LogP contribution is -2.03. The molecule has 2 rings (SSSR count). The molecule has 0 bridgehead atoms. The van der Waals surface area contributed by atoms with Gasteiger partial charge < -0.3 is 5.32 Å². The molecule has 2 aromatic heterocycles. The van der Waals surface area contributed by atoms with Crippen LogP contribution in [0.25, 0.3) is 0 Å². The van der Waals surface area contributed by atoms with Crippen molar-refractivity contribution in [2.24, 2.45) is 0 Å². The summed E-state index contributed by atoms with van der Waals surface area (Å²) in [6, 6.07) is 3.69. The first-order chi connectivity index (χ1) is 8.70. The van der Waals surface area contributed by atoms with Crippen LogP contribution in [-0.4, -0.2) is 21.5 Å². The molecule has 0 unspecified atom stereocenters. The van der Waals surface area contributed by atoms with Crippen molar-refractivity contribution < 1.29 is 0 Å². The second kappa shape index (κ2) is 6.02. The predicted molar refractivity (Wildman–Crippen MR) is 74.3 cm³/mol. The molecule has 0 fully saturated rings. The predicted octanol–water partition coefficient (Wildman–Crippen LogP) is 3.42. The summed E-state index contributed by atoms with van der Waals surface area (Å²) >= 11 is 7.31. The molecule has 0 radical (unpaired) electrons. The topological polar surface area (TPSA) is 50.7 Å². The van der Waals surface area contributed by atoms with Gasteiger partial charge in [-0.05, 0) is 37.7 Å². The standard InChI is InChI=1S/C12H13ClN4S/c1-3-14-11-8(2)12(17-7-16-11)18-10-5-4-9(13)6-15-10/h4-7H,3H2,1-2H3,(H,14,16,17). The van der Waals surface area contributed by atoms with E-state index in [0.29, 0.717) is 5.02 Å². The van der Waals surface area contributed by atoms with Crippen molar-refractivity contribution in [1.29, 1.82) is 0 Å². The van der Waals surface area contributed by atoms with Crippen molar-refractivity contribution in [3.63, 3.8) is 0 Å². The number of hydrogen-bond donors (Lipinski definition) is 1. The number of hydrogen-bond acceptors (Lipinski definition) is 5. The minimum Gasteiger partial charge on any atom is -0.370 e. The quantitative estimate of drug-likeness (QED) is 0.870. The van der Waals surface area contributed by atoms with Crippen LogP contribution in [0.1, 0.15) is 12.5 Å². The molecule has 0 spiro atoms. The molecule has 0 saturated heterocycles. The zero-order valence-corrected chi connectivity index (χ0v) is 11.7. The fourth-order valence-electron chi connectivity index (χ4n) is 1.40. The molecule has 0 aliphatic carbocycles. The highest BCUT2D eigenvalue weighted by molar-refractivity contribution is 7.99. The summed E-state index contributed by atoms with van der Waals surface area (Å²) in [7, 11) is 0. The van der Waals surface area contributed by atoms with Gasteiger partial charge in [0.05, 0.1) is 5.02 Å². The lowest BCUT2D eigenvalue weighted by molar-refractivity contribution is 0.985. The highest BCUT2D eigenvalue weighted by atomic mass is 35.5. The number of anilines is 1. The molecule has 2 heterocycles. The summed E-state index contributed by atoms with van der Waals surface area (Å²) in [6.07, 6.45) is 3.19. The summed E-state index contributed by atoms with van der Waals surface area (Å²) in [5.74, 6) is 0.865. The Morgan fingerprint density at radius 2 is 2.11 bits per heavy atom. The summed E-state index contributed by atoms with van der Waals surface area (Å²) in [5, 5.41) is 5.60. The minimum absolute atomic E-state index is 0.632. The zero-order chi connectivity index (χ0) is 13.0. The van der Waals surface area contributed by atoms with Crippen LogP contribution in [0.5, 0.6) is 0 Å². The molecule has 4 nitrogen and oxygen atoms in total. The van der Waals surface area contributed by atoms with Crippen molar-refractivity contribution in [1.82, 2.24) is 15.0 Å². The number of nitrogens with zero attached hydrogens (tertiary/aromatic N) is 3. The Hall–Kier alpha value is -1.33. The van der Waals surface area contributed by atoms with E-state index < -0.39 is 0 Å². The van der Waals surface area contributed by atoms with Gasteiger partial charge in [0.2, 0.25) is 0 Å². The van der Waals surface area contributed by atoms with Crippen LogP contribution in [-0.2, 0) is 0 Å². The third kappa shape index (κ3) is 3.11. The van der Waals surface area contributed by atoms with Gasteiger partial charge in [-0.1, -0.05) is 11.6 Å². The minimum atomic E-state index is 0.632. The van der Waals surface area contributed by atoms with E-state index in [1.54, 1.807) is 12.5 Å². The van der Waals surface area contributed by atoms with Crippen LogP contribution in [0.2, 0.25) is 5.02 Å². The van der Waals surface area contributed by atoms with E-state index >= 15 is 0 Å². The lowest BCUT2D eigenvalue weighted by atomic mass is 10.3. The number of halogens is 1. The summed E-state index contributed by atoms with van der Waals surface area (Å²) in [6.45, 7) is 4.87. The summed E-state index contributed by atoms with van der Waals surface area (Å²) in [5.41, 5.74) is 1.03. The molecule has 0 atom stereocenters. The van der Waals surface area contributed by atoms with E-state index in [0.717, 1.165) is 28.0 Å². The first-order valence-corrected chi connectivity index (χ1v) is 6.75. The Bertz CT molecular complexity index is 530. The number of nitrogens with one attached hydrogen (secondary N) is 1. The Morgan fingerprint density at radius 1 is 1.28 bits per heavy atom. The maximum Gasteiger partial charge on any atom is 0.133 e. The van der Waals surface area contributed by atoms with Crippen LogP contribution in [0.15, 0.2) is 34.7 Å². The van der Waals surface area contributed by atoms with Gasteiger partial charge in [0, 0.05) is 18.3 Å². The molecular formula is C12H13ClN4S. The molecule has 0 aliphatic heterocycles. The Kier molecular flexibility index (Phi) is 4.38. The third-order valence-electron chi connectivity index (χ3n) is 2.28. The number of aromatic nitrogens is 3. The molecule has 18 heavy (non-hydrogen) atoms.